The van der Waals surface area contributed by atoms with E-state index in [4.69, 9.17) is 0 Å². The number of rotatable bonds is 12. The highest BCUT2D eigenvalue weighted by Gasteiger charge is 2.17. The number of aromatic nitrogens is 2. The maximum atomic E-state index is 15.4. The number of aliphatic hydroxyl groups is 4. The standard InChI is InChI=1S/C30H32F2N4O4/c31-25-18-24(30-14-20-2-4-22(16-28(20)34-30)36(7-11-39)8-12-40)26(32)17-23(25)29-13-19-1-3-21(15-27(19)33-29)35(5-9-37)6-10-38/h1-4,13-18,33-34,37-40H,5-12H2. The van der Waals surface area contributed by atoms with Gasteiger partial charge in [-0.2, -0.15) is 0 Å². The van der Waals surface area contributed by atoms with Crippen LogP contribution < -0.4 is 9.80 Å². The van der Waals surface area contributed by atoms with Crippen molar-refractivity contribution in [2.75, 3.05) is 62.4 Å². The molecule has 5 aromatic rings. The van der Waals surface area contributed by atoms with Crippen LogP contribution in [0.1, 0.15) is 0 Å². The summed E-state index contributed by atoms with van der Waals surface area (Å²) >= 11 is 0. The molecule has 0 saturated carbocycles. The largest absolute Gasteiger partial charge is 0.395 e. The van der Waals surface area contributed by atoms with Crippen LogP contribution in [0, 0.1) is 11.6 Å². The number of hydrogen-bond acceptors (Lipinski definition) is 6. The molecule has 10 heteroatoms. The van der Waals surface area contributed by atoms with E-state index >= 15 is 8.78 Å². The molecule has 0 aliphatic heterocycles. The third kappa shape index (κ3) is 5.52. The van der Waals surface area contributed by atoms with Crippen LogP contribution in [0.2, 0.25) is 0 Å². The van der Waals surface area contributed by atoms with Gasteiger partial charge >= 0.3 is 0 Å². The fourth-order valence-electron chi connectivity index (χ4n) is 5.10. The monoisotopic (exact) mass is 550 g/mol. The van der Waals surface area contributed by atoms with Crippen molar-refractivity contribution in [1.82, 2.24) is 9.97 Å². The average molecular weight is 551 g/mol. The molecule has 2 heterocycles. The van der Waals surface area contributed by atoms with Crippen LogP contribution in [0.25, 0.3) is 44.3 Å². The zero-order chi connectivity index (χ0) is 28.2. The van der Waals surface area contributed by atoms with E-state index in [0.29, 0.717) is 37.6 Å². The molecule has 0 spiro atoms. The van der Waals surface area contributed by atoms with E-state index in [1.165, 1.54) is 12.1 Å². The molecule has 3 aromatic carbocycles. The zero-order valence-corrected chi connectivity index (χ0v) is 21.9. The van der Waals surface area contributed by atoms with Crippen molar-refractivity contribution in [3.8, 4) is 22.5 Å². The lowest BCUT2D eigenvalue weighted by molar-refractivity contribution is 0.280. The number of benzene rings is 3. The van der Waals surface area contributed by atoms with Crippen LogP contribution in [0.15, 0.2) is 60.7 Å². The Morgan fingerprint density at radius 3 is 1.25 bits per heavy atom. The third-order valence-electron chi connectivity index (χ3n) is 7.06. The number of anilines is 2. The fourth-order valence-corrected chi connectivity index (χ4v) is 5.10. The lowest BCUT2D eigenvalue weighted by atomic mass is 10.0. The predicted octanol–water partition coefficient (Wildman–Crippen LogP) is 3.84. The van der Waals surface area contributed by atoms with Crippen molar-refractivity contribution in [2.24, 2.45) is 0 Å². The first-order valence-electron chi connectivity index (χ1n) is 13.1. The van der Waals surface area contributed by atoms with E-state index in [9.17, 15) is 20.4 Å². The van der Waals surface area contributed by atoms with Crippen LogP contribution in [0.4, 0.5) is 20.2 Å². The Morgan fingerprint density at radius 1 is 0.525 bits per heavy atom. The lowest BCUT2D eigenvalue weighted by Crippen LogP contribution is -2.29. The molecule has 0 aliphatic carbocycles. The highest BCUT2D eigenvalue weighted by atomic mass is 19.1. The molecule has 40 heavy (non-hydrogen) atoms. The molecule has 0 bridgehead atoms. The molecule has 0 saturated heterocycles. The van der Waals surface area contributed by atoms with Gasteiger partial charge in [0.05, 0.1) is 26.4 Å². The second kappa shape index (κ2) is 12.1. The van der Waals surface area contributed by atoms with Crippen molar-refractivity contribution in [3.63, 3.8) is 0 Å². The number of nitrogens with one attached hydrogen (secondary N) is 2. The van der Waals surface area contributed by atoms with Crippen LogP contribution >= 0.6 is 0 Å². The fraction of sp³-hybridized carbons (Fsp3) is 0.267. The molecule has 0 atom stereocenters. The van der Waals surface area contributed by atoms with E-state index in [1.807, 2.05) is 46.2 Å². The molecular formula is C30H32F2N4O4. The van der Waals surface area contributed by atoms with Gasteiger partial charge in [0, 0.05) is 81.9 Å². The first-order valence-corrected chi connectivity index (χ1v) is 13.1. The van der Waals surface area contributed by atoms with Crippen LogP contribution in [0.3, 0.4) is 0 Å². The SMILES string of the molecule is OCCN(CCO)c1ccc2cc(-c3cc(F)c(-c4cc5ccc(N(CCO)CCO)cc5[nH]4)cc3F)[nH]c2c1. The molecule has 6 N–H and O–H groups in total. The summed E-state index contributed by atoms with van der Waals surface area (Å²) in [6, 6.07) is 17.0. The molecule has 0 unspecified atom stereocenters. The van der Waals surface area contributed by atoms with Gasteiger partial charge in [-0.25, -0.2) is 8.78 Å². The van der Waals surface area contributed by atoms with E-state index in [-0.39, 0.29) is 37.6 Å². The van der Waals surface area contributed by atoms with Crippen LogP contribution in [-0.2, 0) is 0 Å². The number of aliphatic hydroxyl groups excluding tert-OH is 4. The normalized spacial score (nSPS) is 11.6. The second-order valence-electron chi connectivity index (χ2n) is 9.59. The van der Waals surface area contributed by atoms with Crippen LogP contribution in [-0.4, -0.2) is 83.0 Å². The minimum Gasteiger partial charge on any atom is -0.395 e. The van der Waals surface area contributed by atoms with Gasteiger partial charge in [0.2, 0.25) is 0 Å². The molecule has 0 radical (unpaired) electrons. The number of aromatic amines is 2. The molecule has 210 valence electrons. The quantitative estimate of drug-likeness (QED) is 0.141. The summed E-state index contributed by atoms with van der Waals surface area (Å²) in [7, 11) is 0. The average Bonchev–Trinajstić information content (AvgIpc) is 3.57. The minimum absolute atomic E-state index is 0.0613. The number of H-pyrrole nitrogens is 2. The molecule has 0 fully saturated rings. The summed E-state index contributed by atoms with van der Waals surface area (Å²) in [4.78, 5) is 10.0. The van der Waals surface area contributed by atoms with E-state index in [2.05, 4.69) is 9.97 Å². The highest BCUT2D eigenvalue weighted by Crippen LogP contribution is 2.34. The first-order chi connectivity index (χ1) is 19.4. The van der Waals surface area contributed by atoms with Gasteiger partial charge in [0.1, 0.15) is 11.6 Å². The number of hydrogen-bond donors (Lipinski definition) is 6. The smallest absolute Gasteiger partial charge is 0.133 e. The summed E-state index contributed by atoms with van der Waals surface area (Å²) < 4.78 is 30.8. The van der Waals surface area contributed by atoms with Gasteiger partial charge in [-0.05, 0) is 48.5 Å². The van der Waals surface area contributed by atoms with Crippen molar-refractivity contribution in [3.05, 3.63) is 72.3 Å². The van der Waals surface area contributed by atoms with Crippen molar-refractivity contribution in [2.45, 2.75) is 0 Å². The maximum absolute atomic E-state index is 15.4. The van der Waals surface area contributed by atoms with Gasteiger partial charge in [-0.1, -0.05) is 12.1 Å². The molecular weight excluding hydrogens is 518 g/mol. The van der Waals surface area contributed by atoms with E-state index in [1.54, 1.807) is 12.1 Å². The van der Waals surface area contributed by atoms with Gasteiger partial charge in [-0.3, -0.25) is 0 Å². The summed E-state index contributed by atoms with van der Waals surface area (Å²) in [6.07, 6.45) is 0. The Labute approximate surface area is 229 Å². The first kappa shape index (κ1) is 27.6. The number of halogens is 2. The van der Waals surface area contributed by atoms with Gasteiger partial charge in [0.25, 0.3) is 0 Å². The van der Waals surface area contributed by atoms with Gasteiger partial charge in [-0.15, -0.1) is 0 Å². The summed E-state index contributed by atoms with van der Waals surface area (Å²) in [6.45, 7) is 1.20. The molecule has 2 aromatic heterocycles. The number of fused-ring (bicyclic) bond motifs is 2. The Hall–Kier alpha value is -3.96. The molecule has 0 aliphatic rings. The maximum Gasteiger partial charge on any atom is 0.133 e. The molecule has 8 nitrogen and oxygen atoms in total. The Balaban J connectivity index is 1.46. The topological polar surface area (TPSA) is 119 Å². The van der Waals surface area contributed by atoms with Crippen molar-refractivity contribution in [1.29, 1.82) is 0 Å². The minimum atomic E-state index is -0.582. The van der Waals surface area contributed by atoms with Gasteiger partial charge in [0.15, 0.2) is 0 Å². The molecule has 0 amide bonds. The Kier molecular flexibility index (Phi) is 8.32. The Bertz CT molecular complexity index is 1480. The Morgan fingerprint density at radius 2 is 0.900 bits per heavy atom. The van der Waals surface area contributed by atoms with E-state index < -0.39 is 11.6 Å². The molecule has 5 rings (SSSR count). The zero-order valence-electron chi connectivity index (χ0n) is 21.9. The van der Waals surface area contributed by atoms with E-state index in [0.717, 1.165) is 33.2 Å². The number of nitrogens with zero attached hydrogens (tertiary/aromatic N) is 2. The van der Waals surface area contributed by atoms with Gasteiger partial charge < -0.3 is 40.2 Å². The van der Waals surface area contributed by atoms with Crippen molar-refractivity contribution >= 4 is 33.2 Å². The summed E-state index contributed by atoms with van der Waals surface area (Å²) in [5.41, 5.74) is 4.10. The van der Waals surface area contributed by atoms with Crippen LogP contribution in [0.5, 0.6) is 0 Å². The lowest BCUT2D eigenvalue weighted by Gasteiger charge is -2.22. The van der Waals surface area contributed by atoms with Crippen molar-refractivity contribution < 1.29 is 29.2 Å². The predicted molar refractivity (Wildman–Crippen MR) is 154 cm³/mol. The second-order valence-corrected chi connectivity index (χ2v) is 9.59. The highest BCUT2D eigenvalue weighted by molar-refractivity contribution is 5.90. The summed E-state index contributed by atoms with van der Waals surface area (Å²) in [5, 5.41) is 39.0. The third-order valence-corrected chi connectivity index (χ3v) is 7.06. The summed E-state index contributed by atoms with van der Waals surface area (Å²) in [5.74, 6) is -1.16.